The third kappa shape index (κ3) is 3.99. The number of amides is 2. The zero-order chi connectivity index (χ0) is 24.7. The summed E-state index contributed by atoms with van der Waals surface area (Å²) in [6.45, 7) is 7.81. The average molecular weight is 499 g/mol. The minimum Gasteiger partial charge on any atom is -0.858 e. The lowest BCUT2D eigenvalue weighted by Crippen LogP contribution is -2.40. The highest BCUT2D eigenvalue weighted by Gasteiger charge is 2.46. The van der Waals surface area contributed by atoms with Crippen molar-refractivity contribution in [1.29, 1.82) is 0 Å². The van der Waals surface area contributed by atoms with Crippen LogP contribution in [0, 0.1) is 13.8 Å². The summed E-state index contributed by atoms with van der Waals surface area (Å²) < 4.78 is 2.85. The summed E-state index contributed by atoms with van der Waals surface area (Å²) in [5.74, 6) is -1.41. The molecule has 1 aromatic carbocycles. The molecule has 2 amide bonds. The zero-order valence-corrected chi connectivity index (χ0v) is 20.9. The molecule has 0 unspecified atom stereocenters. The molecule has 9 heteroatoms. The fourth-order valence-electron chi connectivity index (χ4n) is 4.23. The molecule has 3 heterocycles. The van der Waals surface area contributed by atoms with E-state index in [-0.39, 0.29) is 28.4 Å². The van der Waals surface area contributed by atoms with E-state index >= 15 is 0 Å². The van der Waals surface area contributed by atoms with Gasteiger partial charge in [0.2, 0.25) is 0 Å². The van der Waals surface area contributed by atoms with Gasteiger partial charge in [0.15, 0.2) is 12.4 Å². The van der Waals surface area contributed by atoms with Crippen molar-refractivity contribution in [2.45, 2.75) is 40.5 Å². The lowest BCUT2D eigenvalue weighted by molar-refractivity contribution is -0.577. The first kappa shape index (κ1) is 24.0. The average Bonchev–Trinajstić information content (AvgIpc) is 3.23. The van der Waals surface area contributed by atoms with Crippen molar-refractivity contribution in [1.82, 2.24) is 14.7 Å². The van der Waals surface area contributed by atoms with Gasteiger partial charge in [0.05, 0.1) is 21.4 Å². The second-order valence-corrected chi connectivity index (χ2v) is 9.09. The van der Waals surface area contributed by atoms with Crippen molar-refractivity contribution in [2.75, 3.05) is 6.54 Å². The van der Waals surface area contributed by atoms with E-state index in [4.69, 9.17) is 23.2 Å². The Morgan fingerprint density at radius 1 is 1.00 bits per heavy atom. The van der Waals surface area contributed by atoms with Gasteiger partial charge in [-0.2, -0.15) is 9.67 Å². The van der Waals surface area contributed by atoms with E-state index in [9.17, 15) is 14.7 Å². The Morgan fingerprint density at radius 3 is 2.26 bits per heavy atom. The molecule has 0 N–H and O–H groups in total. The molecule has 0 saturated carbocycles. The van der Waals surface area contributed by atoms with Gasteiger partial charge < -0.3 is 5.11 Å². The number of hydrogen-bond donors (Lipinski definition) is 0. The van der Waals surface area contributed by atoms with E-state index in [2.05, 4.69) is 5.10 Å². The molecular weight excluding hydrogens is 475 g/mol. The number of carbonyl (C=O) groups is 2. The topological polar surface area (TPSA) is 82.1 Å². The summed E-state index contributed by atoms with van der Waals surface area (Å²) in [5.41, 5.74) is 3.05. The van der Waals surface area contributed by atoms with Crippen LogP contribution in [0.1, 0.15) is 42.7 Å². The Kier molecular flexibility index (Phi) is 6.51. The highest BCUT2D eigenvalue weighted by molar-refractivity contribution is 6.45. The first-order valence-corrected chi connectivity index (χ1v) is 11.8. The molecule has 0 fully saturated rings. The van der Waals surface area contributed by atoms with E-state index in [1.807, 2.05) is 33.8 Å². The van der Waals surface area contributed by atoms with Crippen LogP contribution in [0.25, 0.3) is 17.0 Å². The predicted molar refractivity (Wildman–Crippen MR) is 129 cm³/mol. The molecule has 7 nitrogen and oxygen atoms in total. The normalized spacial score (nSPS) is 14.0. The minimum absolute atomic E-state index is 0.0709. The van der Waals surface area contributed by atoms with Crippen LogP contribution >= 0.6 is 23.2 Å². The number of benzene rings is 1. The van der Waals surface area contributed by atoms with Crippen LogP contribution in [0.4, 0.5) is 0 Å². The second-order valence-electron chi connectivity index (χ2n) is 8.27. The fraction of sp³-hybridized carbons (Fsp3) is 0.280. The van der Waals surface area contributed by atoms with Crippen molar-refractivity contribution in [3.05, 3.63) is 69.1 Å². The maximum atomic E-state index is 13.7. The Bertz CT molecular complexity index is 1340. The monoisotopic (exact) mass is 498 g/mol. The summed E-state index contributed by atoms with van der Waals surface area (Å²) >= 11 is 12.2. The van der Waals surface area contributed by atoms with Crippen molar-refractivity contribution >= 4 is 46.3 Å². The van der Waals surface area contributed by atoms with E-state index in [0.717, 1.165) is 11.1 Å². The van der Waals surface area contributed by atoms with Crippen molar-refractivity contribution in [2.24, 2.45) is 0 Å². The number of hydrogen-bond acceptors (Lipinski definition) is 4. The first-order chi connectivity index (χ1) is 16.2. The van der Waals surface area contributed by atoms with Gasteiger partial charge >= 0.3 is 5.91 Å². The van der Waals surface area contributed by atoms with Crippen LogP contribution in [0.15, 0.2) is 36.7 Å². The summed E-state index contributed by atoms with van der Waals surface area (Å²) in [4.78, 5) is 28.2. The summed E-state index contributed by atoms with van der Waals surface area (Å²) in [5, 5.41) is 18.8. The molecule has 3 aromatic rings. The van der Waals surface area contributed by atoms with E-state index in [1.54, 1.807) is 35.2 Å². The van der Waals surface area contributed by atoms with Crippen LogP contribution < -0.4 is 9.67 Å². The van der Waals surface area contributed by atoms with Gasteiger partial charge in [-0.3, -0.25) is 14.5 Å². The van der Waals surface area contributed by atoms with E-state index < -0.39 is 17.7 Å². The molecule has 4 rings (SSSR count). The Labute approximate surface area is 207 Å². The van der Waals surface area contributed by atoms with Gasteiger partial charge in [0.1, 0.15) is 5.57 Å². The summed E-state index contributed by atoms with van der Waals surface area (Å²) in [6, 6.07) is 6.72. The SMILES string of the molecule is CCCN1C(=O)C(c2c(CC)nn(-c3ccc(Cl)c(Cl)c3)c2[O-])=C([n+]2cc(C)cc(C)c2)C1=O. The van der Waals surface area contributed by atoms with Gasteiger partial charge in [-0.1, -0.05) is 37.0 Å². The number of aromatic nitrogens is 3. The predicted octanol–water partition coefficient (Wildman–Crippen LogP) is 3.87. The molecule has 0 bridgehead atoms. The smallest absolute Gasteiger partial charge is 0.326 e. The van der Waals surface area contributed by atoms with Crippen LogP contribution in [0.2, 0.25) is 10.0 Å². The first-order valence-electron chi connectivity index (χ1n) is 11.0. The molecular formula is C25H24Cl2N4O3. The standard InChI is InChI=1S/C25H24Cl2N4O3/c1-5-9-30-23(32)21(22(25(30)34)29-12-14(3)10-15(4)13-29)20-19(6-2)28-31(24(20)33)16-7-8-17(26)18(27)11-16/h7-8,10-13H,5-6,9H2,1-4H3. The number of halogens is 2. The molecule has 0 saturated heterocycles. The summed E-state index contributed by atoms with van der Waals surface area (Å²) in [7, 11) is 0. The van der Waals surface area contributed by atoms with Gasteiger partial charge in [0.25, 0.3) is 11.6 Å². The molecule has 0 radical (unpaired) electrons. The van der Waals surface area contributed by atoms with Crippen LogP contribution in [-0.4, -0.2) is 33.0 Å². The maximum Gasteiger partial charge on any atom is 0.326 e. The maximum absolute atomic E-state index is 13.7. The molecule has 0 atom stereocenters. The van der Waals surface area contributed by atoms with Gasteiger partial charge in [-0.15, -0.1) is 0 Å². The molecule has 0 spiro atoms. The Hall–Kier alpha value is -3.16. The van der Waals surface area contributed by atoms with Crippen LogP contribution in [-0.2, 0) is 16.0 Å². The van der Waals surface area contributed by atoms with Crippen LogP contribution in [0.3, 0.4) is 0 Å². The van der Waals surface area contributed by atoms with E-state index in [0.29, 0.717) is 29.2 Å². The molecule has 0 aliphatic carbocycles. The number of nitrogens with zero attached hydrogens (tertiary/aromatic N) is 4. The molecule has 176 valence electrons. The van der Waals surface area contributed by atoms with Crippen molar-refractivity contribution in [3.63, 3.8) is 0 Å². The minimum atomic E-state index is -0.493. The van der Waals surface area contributed by atoms with Crippen molar-refractivity contribution < 1.29 is 19.3 Å². The second kappa shape index (κ2) is 9.24. The molecule has 1 aliphatic rings. The third-order valence-corrected chi connectivity index (χ3v) is 6.38. The fourth-order valence-corrected chi connectivity index (χ4v) is 4.52. The number of imide groups is 1. The van der Waals surface area contributed by atoms with Gasteiger partial charge in [-0.25, -0.2) is 4.68 Å². The summed E-state index contributed by atoms with van der Waals surface area (Å²) in [6.07, 6.45) is 4.55. The highest BCUT2D eigenvalue weighted by atomic mass is 35.5. The number of carbonyl (C=O) groups excluding carboxylic acids is 2. The zero-order valence-electron chi connectivity index (χ0n) is 19.4. The molecule has 1 aliphatic heterocycles. The van der Waals surface area contributed by atoms with Gasteiger partial charge in [0, 0.05) is 23.2 Å². The van der Waals surface area contributed by atoms with Crippen LogP contribution in [0.5, 0.6) is 5.88 Å². The molecule has 2 aromatic heterocycles. The highest BCUT2D eigenvalue weighted by Crippen LogP contribution is 2.37. The lowest BCUT2D eigenvalue weighted by atomic mass is 10.0. The Morgan fingerprint density at radius 2 is 1.68 bits per heavy atom. The largest absolute Gasteiger partial charge is 0.858 e. The number of rotatable bonds is 6. The Balaban J connectivity index is 2.01. The van der Waals surface area contributed by atoms with E-state index in [1.165, 1.54) is 9.58 Å². The quantitative estimate of drug-likeness (QED) is 0.381. The van der Waals surface area contributed by atoms with Crippen molar-refractivity contribution in [3.8, 4) is 11.6 Å². The number of pyridine rings is 1. The van der Waals surface area contributed by atoms with Gasteiger partial charge in [-0.05, 0) is 56.8 Å². The third-order valence-electron chi connectivity index (χ3n) is 5.64. The lowest BCUT2D eigenvalue weighted by Gasteiger charge is -2.15. The number of aryl methyl sites for hydroxylation is 3. The molecule has 34 heavy (non-hydrogen) atoms.